The van der Waals surface area contributed by atoms with E-state index < -0.39 is 0 Å². The maximum absolute atomic E-state index is 13.6. The zero-order valence-electron chi connectivity index (χ0n) is 19.1. The molecule has 2 aliphatic heterocycles. The third-order valence-corrected chi connectivity index (χ3v) is 8.34. The smallest absolute Gasteiger partial charge is 0.151 e. The summed E-state index contributed by atoms with van der Waals surface area (Å²) >= 11 is 1.78. The zero-order chi connectivity index (χ0) is 22.5. The molecule has 1 aliphatic carbocycles. The van der Waals surface area contributed by atoms with Crippen LogP contribution in [0.3, 0.4) is 0 Å². The highest BCUT2D eigenvalue weighted by molar-refractivity contribution is 7.95. The fourth-order valence-corrected chi connectivity index (χ4v) is 6.17. The lowest BCUT2D eigenvalue weighted by Crippen LogP contribution is -2.51. The predicted octanol–water partition coefficient (Wildman–Crippen LogP) is 4.41. The number of halogens is 1. The number of nitrogens with one attached hydrogen (secondary N) is 1. The van der Waals surface area contributed by atoms with E-state index in [0.717, 1.165) is 63.2 Å². The molecule has 3 aliphatic rings. The Morgan fingerprint density at radius 1 is 1.06 bits per heavy atom. The van der Waals surface area contributed by atoms with E-state index in [1.165, 1.54) is 25.6 Å². The van der Waals surface area contributed by atoms with E-state index in [1.54, 1.807) is 24.4 Å². The first-order chi connectivity index (χ1) is 16.2. The number of hydrogen-bond donors (Lipinski definition) is 1. The summed E-state index contributed by atoms with van der Waals surface area (Å²) in [5.41, 5.74) is 1.13. The van der Waals surface area contributed by atoms with Crippen LogP contribution in [-0.4, -0.2) is 59.4 Å². The van der Waals surface area contributed by atoms with Gasteiger partial charge in [-0.15, -0.1) is 5.10 Å². The number of rotatable bonds is 8. The molecular weight excluding hydrogens is 437 g/mol. The average Bonchev–Trinajstić information content (AvgIpc) is 2.83. The molecule has 2 unspecified atom stereocenters. The highest BCUT2D eigenvalue weighted by Gasteiger charge is 2.32. The van der Waals surface area contributed by atoms with Crippen LogP contribution in [0.15, 0.2) is 42.6 Å². The molecule has 1 aromatic heterocycles. The van der Waals surface area contributed by atoms with Crippen LogP contribution >= 0.6 is 12.1 Å². The Labute approximate surface area is 200 Å². The van der Waals surface area contributed by atoms with Crippen molar-refractivity contribution in [2.45, 2.75) is 56.6 Å². The molecule has 1 N–H and O–H groups in total. The Morgan fingerprint density at radius 3 is 2.67 bits per heavy atom. The first-order valence-corrected chi connectivity index (χ1v) is 13.1. The molecule has 2 atom stereocenters. The van der Waals surface area contributed by atoms with Gasteiger partial charge in [0.05, 0.1) is 12.7 Å². The van der Waals surface area contributed by atoms with Crippen LogP contribution in [0.25, 0.3) is 0 Å². The van der Waals surface area contributed by atoms with Crippen molar-refractivity contribution < 1.29 is 9.13 Å². The van der Waals surface area contributed by atoms with Crippen LogP contribution in [0.1, 0.15) is 50.0 Å². The van der Waals surface area contributed by atoms with E-state index in [-0.39, 0.29) is 5.82 Å². The Kier molecular flexibility index (Phi) is 7.76. The fraction of sp³-hybridized carbons (Fsp3) is 0.600. The van der Waals surface area contributed by atoms with Crippen LogP contribution in [0.5, 0.6) is 0 Å². The van der Waals surface area contributed by atoms with Crippen LogP contribution in [-0.2, 0) is 4.74 Å². The molecule has 0 amide bonds. The second kappa shape index (κ2) is 11.1. The van der Waals surface area contributed by atoms with Gasteiger partial charge in [-0.25, -0.2) is 13.4 Å². The van der Waals surface area contributed by atoms with Crippen molar-refractivity contribution in [3.63, 3.8) is 0 Å². The van der Waals surface area contributed by atoms with Gasteiger partial charge in [0.2, 0.25) is 0 Å². The maximum Gasteiger partial charge on any atom is 0.151 e. The van der Waals surface area contributed by atoms with E-state index in [9.17, 15) is 4.39 Å². The third kappa shape index (κ3) is 6.04. The van der Waals surface area contributed by atoms with Gasteiger partial charge in [-0.05, 0) is 74.3 Å². The van der Waals surface area contributed by atoms with Crippen LogP contribution < -0.4 is 9.62 Å². The molecule has 178 valence electrons. The van der Waals surface area contributed by atoms with E-state index in [4.69, 9.17) is 4.74 Å². The molecule has 3 fully saturated rings. The van der Waals surface area contributed by atoms with Gasteiger partial charge in [-0.3, -0.25) is 0 Å². The number of ether oxygens (including phenoxy) is 1. The number of nitrogens with zero attached hydrogens (tertiary/aromatic N) is 4. The van der Waals surface area contributed by atoms with Gasteiger partial charge in [0, 0.05) is 56.5 Å². The highest BCUT2D eigenvalue weighted by Crippen LogP contribution is 2.35. The lowest BCUT2D eigenvalue weighted by atomic mass is 9.82. The van der Waals surface area contributed by atoms with E-state index >= 15 is 0 Å². The van der Waals surface area contributed by atoms with Gasteiger partial charge >= 0.3 is 0 Å². The monoisotopic (exact) mass is 471 g/mol. The summed E-state index contributed by atoms with van der Waals surface area (Å²) in [5.74, 6) is 1.66. The van der Waals surface area contributed by atoms with Crippen molar-refractivity contribution in [2.75, 3.05) is 37.7 Å². The number of hydrogen-bond acceptors (Lipinski definition) is 7. The van der Waals surface area contributed by atoms with Gasteiger partial charge in [0.25, 0.3) is 0 Å². The van der Waals surface area contributed by atoms with E-state index in [0.29, 0.717) is 24.0 Å². The van der Waals surface area contributed by atoms with Crippen molar-refractivity contribution in [3.05, 3.63) is 54.0 Å². The maximum atomic E-state index is 13.6. The van der Waals surface area contributed by atoms with Gasteiger partial charge in [-0.2, -0.15) is 5.10 Å². The first-order valence-electron chi connectivity index (χ1n) is 12.3. The number of piperidine rings is 1. The van der Waals surface area contributed by atoms with E-state index in [1.807, 2.05) is 18.2 Å². The molecule has 3 heterocycles. The molecule has 33 heavy (non-hydrogen) atoms. The van der Waals surface area contributed by atoms with Gasteiger partial charge < -0.3 is 9.64 Å². The van der Waals surface area contributed by atoms with Gasteiger partial charge in [0.1, 0.15) is 5.82 Å². The number of aromatic nitrogens is 2. The van der Waals surface area contributed by atoms with E-state index in [2.05, 4.69) is 30.2 Å². The van der Waals surface area contributed by atoms with Crippen LogP contribution in [0.2, 0.25) is 0 Å². The Morgan fingerprint density at radius 2 is 1.94 bits per heavy atom. The zero-order valence-corrected chi connectivity index (χ0v) is 19.9. The molecule has 2 aromatic rings. The Bertz CT molecular complexity index is 878. The average molecular weight is 472 g/mol. The minimum atomic E-state index is -0.134. The molecule has 6 nitrogen and oxygen atoms in total. The minimum absolute atomic E-state index is 0.134. The highest BCUT2D eigenvalue weighted by atomic mass is 32.2. The Balaban J connectivity index is 1.15. The number of benzene rings is 1. The normalized spacial score (nSPS) is 28.5. The van der Waals surface area contributed by atoms with Gasteiger partial charge in [0.15, 0.2) is 5.82 Å². The molecule has 5 rings (SSSR count). The summed E-state index contributed by atoms with van der Waals surface area (Å²) in [5, 5.41) is 8.39. The molecule has 1 saturated carbocycles. The fourth-order valence-electron chi connectivity index (χ4n) is 5.13. The minimum Gasteiger partial charge on any atom is -0.378 e. The summed E-state index contributed by atoms with van der Waals surface area (Å²) in [7, 11) is 0. The lowest BCUT2D eigenvalue weighted by Gasteiger charge is -2.41. The molecule has 1 aromatic carbocycles. The molecule has 0 radical (unpaired) electrons. The summed E-state index contributed by atoms with van der Waals surface area (Å²) in [6.07, 6.45) is 8.61. The molecule has 2 saturated heterocycles. The first kappa shape index (κ1) is 23.0. The topological polar surface area (TPSA) is 53.5 Å². The summed E-state index contributed by atoms with van der Waals surface area (Å²) in [6.45, 7) is 5.00. The third-order valence-electron chi connectivity index (χ3n) is 7.30. The van der Waals surface area contributed by atoms with Crippen molar-refractivity contribution in [3.8, 4) is 0 Å². The summed E-state index contributed by atoms with van der Waals surface area (Å²) in [6, 6.07) is 11.5. The summed E-state index contributed by atoms with van der Waals surface area (Å²) in [4.78, 5) is 2.34. The standard InChI is InChI=1S/C25H34FN5OS/c26-22-5-1-4-20(16-22)19-7-9-23(10-8-19)32-18-21-17-30(25-6-2-12-27-28-25)15-11-24(21)29-33-31-13-3-14-31/h1-2,4-6,12,16,19,21,23-24,29H,3,7-11,13-15,17-18H2. The lowest BCUT2D eigenvalue weighted by molar-refractivity contribution is -0.00207. The molecule has 8 heteroatoms. The second-order valence-corrected chi connectivity index (χ2v) is 10.5. The van der Waals surface area contributed by atoms with Crippen molar-refractivity contribution >= 4 is 18.0 Å². The van der Waals surface area contributed by atoms with Crippen molar-refractivity contribution in [1.82, 2.24) is 19.2 Å². The predicted molar refractivity (Wildman–Crippen MR) is 130 cm³/mol. The van der Waals surface area contributed by atoms with Crippen molar-refractivity contribution in [2.24, 2.45) is 5.92 Å². The summed E-state index contributed by atoms with van der Waals surface area (Å²) < 4.78 is 26.2. The second-order valence-electron chi connectivity index (χ2n) is 9.54. The SMILES string of the molecule is Fc1cccc(C2CCC(OCC3CN(c4cccnn4)CCC3NSN3CCC3)CC2)c1. The van der Waals surface area contributed by atoms with Crippen LogP contribution in [0.4, 0.5) is 10.2 Å². The van der Waals surface area contributed by atoms with Gasteiger partial charge in [-0.1, -0.05) is 12.1 Å². The van der Waals surface area contributed by atoms with Crippen molar-refractivity contribution in [1.29, 1.82) is 0 Å². The molecular formula is C25H34FN5OS. The van der Waals surface area contributed by atoms with Crippen LogP contribution in [0, 0.1) is 11.7 Å². The Hall–Kier alpha value is -1.74. The molecule has 0 bridgehead atoms. The quantitative estimate of drug-likeness (QED) is 0.572. The molecule has 0 spiro atoms. The number of anilines is 1. The largest absolute Gasteiger partial charge is 0.378 e.